The summed E-state index contributed by atoms with van der Waals surface area (Å²) < 4.78 is 38.8. The Kier molecular flexibility index (Phi) is 2.01. The summed E-state index contributed by atoms with van der Waals surface area (Å²) in [6.07, 6.45) is -3.61. The molecule has 0 saturated heterocycles. The van der Waals surface area contributed by atoms with E-state index in [0.717, 1.165) is 0 Å². The molecule has 0 N–H and O–H groups in total. The third-order valence-electron chi connectivity index (χ3n) is 2.59. The number of rotatable bonds is 0. The van der Waals surface area contributed by atoms with Crippen LogP contribution in [-0.2, 0) is 13.0 Å². The summed E-state index contributed by atoms with van der Waals surface area (Å²) >= 11 is 0. The number of fused-ring (bicyclic) bond motifs is 1. The van der Waals surface area contributed by atoms with Gasteiger partial charge >= 0.3 is 6.18 Å². The minimum Gasteiger partial charge on any atom is -0.315 e. The second-order valence-corrected chi connectivity index (χ2v) is 3.55. The molecule has 1 aliphatic rings. The topological polar surface area (TPSA) is 30.7 Å². The molecule has 0 saturated carbocycles. The second-order valence-electron chi connectivity index (χ2n) is 3.55. The number of halogens is 3. The van der Waals surface area contributed by atoms with Crippen molar-refractivity contribution >= 4 is 0 Å². The monoisotopic (exact) mass is 205 g/mol. The van der Waals surface area contributed by atoms with Crippen LogP contribution in [0.1, 0.15) is 18.1 Å². The maximum absolute atomic E-state index is 12.4. The van der Waals surface area contributed by atoms with Crippen molar-refractivity contribution in [3.8, 4) is 0 Å². The van der Waals surface area contributed by atoms with Crippen molar-refractivity contribution in [3.05, 3.63) is 11.6 Å². The lowest BCUT2D eigenvalue weighted by molar-refractivity contribution is -0.182. The lowest BCUT2D eigenvalue weighted by Crippen LogP contribution is -2.32. The smallest absolute Gasteiger partial charge is 0.315 e. The molecule has 3 nitrogen and oxygen atoms in total. The molecular weight excluding hydrogens is 195 g/mol. The van der Waals surface area contributed by atoms with Gasteiger partial charge in [0.15, 0.2) is 0 Å². The molecule has 0 aliphatic carbocycles. The number of hydrogen-bond donors (Lipinski definition) is 0. The van der Waals surface area contributed by atoms with Crippen molar-refractivity contribution < 1.29 is 13.2 Å². The largest absolute Gasteiger partial charge is 0.393 e. The maximum Gasteiger partial charge on any atom is 0.393 e. The predicted octanol–water partition coefficient (Wildman–Crippen LogP) is 1.71. The van der Waals surface area contributed by atoms with Crippen molar-refractivity contribution in [3.63, 3.8) is 0 Å². The molecule has 0 amide bonds. The molecule has 14 heavy (non-hydrogen) atoms. The minimum absolute atomic E-state index is 0.0301. The predicted molar refractivity (Wildman–Crippen MR) is 42.6 cm³/mol. The zero-order chi connectivity index (χ0) is 10.3. The molecule has 0 aromatic carbocycles. The van der Waals surface area contributed by atoms with Gasteiger partial charge in [0.05, 0.1) is 5.92 Å². The Balaban J connectivity index is 2.24. The second kappa shape index (κ2) is 2.96. The van der Waals surface area contributed by atoms with Crippen molar-refractivity contribution in [1.29, 1.82) is 0 Å². The van der Waals surface area contributed by atoms with Gasteiger partial charge in [-0.2, -0.15) is 13.2 Å². The van der Waals surface area contributed by atoms with Gasteiger partial charge < -0.3 is 4.57 Å². The molecule has 1 unspecified atom stereocenters. The van der Waals surface area contributed by atoms with Gasteiger partial charge in [-0.1, -0.05) is 0 Å². The Morgan fingerprint density at radius 2 is 2.07 bits per heavy atom. The van der Waals surface area contributed by atoms with Gasteiger partial charge in [-0.3, -0.25) is 0 Å². The fourth-order valence-corrected chi connectivity index (χ4v) is 1.73. The molecule has 1 aromatic heterocycles. The number of aryl methyl sites for hydroxylation is 2. The van der Waals surface area contributed by atoms with E-state index in [1.807, 2.05) is 0 Å². The first-order valence-electron chi connectivity index (χ1n) is 4.44. The van der Waals surface area contributed by atoms with E-state index < -0.39 is 12.1 Å². The molecule has 1 aromatic rings. The summed E-state index contributed by atoms with van der Waals surface area (Å²) in [5, 5.41) is 7.58. The minimum atomic E-state index is -4.10. The van der Waals surface area contributed by atoms with Crippen LogP contribution in [0.2, 0.25) is 0 Å². The van der Waals surface area contributed by atoms with Crippen LogP contribution in [0.4, 0.5) is 13.2 Å². The Morgan fingerprint density at radius 3 is 2.71 bits per heavy atom. The highest BCUT2D eigenvalue weighted by molar-refractivity contribution is 4.99. The number of aromatic nitrogens is 3. The summed E-state index contributed by atoms with van der Waals surface area (Å²) in [6, 6.07) is 0. The molecule has 78 valence electrons. The van der Waals surface area contributed by atoms with Gasteiger partial charge in [0.2, 0.25) is 0 Å². The summed E-state index contributed by atoms with van der Waals surface area (Å²) in [7, 11) is 0. The third-order valence-corrected chi connectivity index (χ3v) is 2.59. The molecule has 2 rings (SSSR count). The fourth-order valence-electron chi connectivity index (χ4n) is 1.73. The molecule has 1 aliphatic heterocycles. The summed E-state index contributed by atoms with van der Waals surface area (Å²) in [6.45, 7) is 1.65. The van der Waals surface area contributed by atoms with E-state index in [9.17, 15) is 13.2 Å². The molecule has 0 fully saturated rings. The zero-order valence-corrected chi connectivity index (χ0v) is 7.67. The van der Waals surface area contributed by atoms with Crippen LogP contribution in [0.3, 0.4) is 0 Å². The zero-order valence-electron chi connectivity index (χ0n) is 7.67. The third kappa shape index (κ3) is 1.49. The van der Waals surface area contributed by atoms with Gasteiger partial charge in [0.1, 0.15) is 11.6 Å². The summed E-state index contributed by atoms with van der Waals surface area (Å²) in [5.74, 6) is -0.0124. The number of alkyl halides is 3. The van der Waals surface area contributed by atoms with Crippen LogP contribution in [0.15, 0.2) is 0 Å². The highest BCUT2D eigenvalue weighted by Crippen LogP contribution is 2.34. The van der Waals surface area contributed by atoms with Crippen LogP contribution in [0.25, 0.3) is 0 Å². The average molecular weight is 205 g/mol. The molecule has 6 heteroatoms. The van der Waals surface area contributed by atoms with E-state index in [0.29, 0.717) is 18.1 Å². The summed E-state index contributed by atoms with van der Waals surface area (Å²) in [5.41, 5.74) is 0. The SMILES string of the molecule is Cc1nnc2n1CC(C(F)(F)F)CC2. The fraction of sp³-hybridized carbons (Fsp3) is 0.750. The highest BCUT2D eigenvalue weighted by Gasteiger charge is 2.41. The van der Waals surface area contributed by atoms with Crippen molar-refractivity contribution in [2.24, 2.45) is 5.92 Å². The van der Waals surface area contributed by atoms with Crippen LogP contribution < -0.4 is 0 Å². The first-order valence-corrected chi connectivity index (χ1v) is 4.44. The summed E-state index contributed by atoms with van der Waals surface area (Å²) in [4.78, 5) is 0. The Morgan fingerprint density at radius 1 is 1.36 bits per heavy atom. The molecular formula is C8H10F3N3. The Hall–Kier alpha value is -1.07. The number of nitrogens with zero attached hydrogens (tertiary/aromatic N) is 3. The first-order chi connectivity index (χ1) is 6.48. The van der Waals surface area contributed by atoms with Crippen LogP contribution in [0, 0.1) is 12.8 Å². The van der Waals surface area contributed by atoms with Crippen molar-refractivity contribution in [2.75, 3.05) is 0 Å². The van der Waals surface area contributed by atoms with E-state index in [4.69, 9.17) is 0 Å². The van der Waals surface area contributed by atoms with E-state index in [1.165, 1.54) is 0 Å². The molecule has 0 bridgehead atoms. The molecule has 0 spiro atoms. The molecule has 1 atom stereocenters. The van der Waals surface area contributed by atoms with Gasteiger partial charge in [-0.25, -0.2) is 0 Å². The lowest BCUT2D eigenvalue weighted by Gasteiger charge is -2.25. The van der Waals surface area contributed by atoms with E-state index in [-0.39, 0.29) is 13.0 Å². The van der Waals surface area contributed by atoms with Crippen LogP contribution in [0.5, 0.6) is 0 Å². The Bertz CT molecular complexity index is 342. The lowest BCUT2D eigenvalue weighted by atomic mass is 9.99. The maximum atomic E-state index is 12.4. The van der Waals surface area contributed by atoms with E-state index in [1.54, 1.807) is 11.5 Å². The standard InChI is InChI=1S/C8H10F3N3/c1-5-12-13-7-3-2-6(4-14(5)7)8(9,10)11/h6H,2-4H2,1H3. The van der Waals surface area contributed by atoms with Gasteiger partial charge in [0, 0.05) is 13.0 Å². The molecule has 0 radical (unpaired) electrons. The quantitative estimate of drug-likeness (QED) is 0.645. The van der Waals surface area contributed by atoms with Gasteiger partial charge in [0.25, 0.3) is 0 Å². The van der Waals surface area contributed by atoms with Crippen LogP contribution in [-0.4, -0.2) is 20.9 Å². The van der Waals surface area contributed by atoms with E-state index >= 15 is 0 Å². The number of hydrogen-bond acceptors (Lipinski definition) is 2. The molecule has 2 heterocycles. The first kappa shape index (κ1) is 9.48. The van der Waals surface area contributed by atoms with Crippen molar-refractivity contribution in [1.82, 2.24) is 14.8 Å². The van der Waals surface area contributed by atoms with Gasteiger partial charge in [-0.15, -0.1) is 10.2 Å². The average Bonchev–Trinajstić information content (AvgIpc) is 2.46. The van der Waals surface area contributed by atoms with Crippen LogP contribution >= 0.6 is 0 Å². The Labute approximate surface area is 78.9 Å². The normalized spacial score (nSPS) is 22.1. The highest BCUT2D eigenvalue weighted by atomic mass is 19.4. The van der Waals surface area contributed by atoms with E-state index in [2.05, 4.69) is 10.2 Å². The van der Waals surface area contributed by atoms with Crippen molar-refractivity contribution in [2.45, 2.75) is 32.5 Å². The van der Waals surface area contributed by atoms with Gasteiger partial charge in [-0.05, 0) is 13.3 Å².